The zero-order chi connectivity index (χ0) is 17.8. The first kappa shape index (κ1) is 16.6. The number of nitrogens with one attached hydrogen (secondary N) is 2. The fraction of sp³-hybridized carbons (Fsp3) is 0.312. The molecule has 0 aliphatic carbocycles. The van der Waals surface area contributed by atoms with Crippen molar-refractivity contribution in [2.45, 2.75) is 26.4 Å². The van der Waals surface area contributed by atoms with E-state index in [4.69, 9.17) is 0 Å². The monoisotopic (exact) mass is 340 g/mol. The molecule has 9 heteroatoms. The zero-order valence-corrected chi connectivity index (χ0v) is 14.3. The second kappa shape index (κ2) is 7.12. The lowest BCUT2D eigenvalue weighted by atomic mass is 10.3. The van der Waals surface area contributed by atoms with Crippen LogP contribution >= 0.6 is 0 Å². The van der Waals surface area contributed by atoms with Crippen LogP contribution in [-0.2, 0) is 13.6 Å². The van der Waals surface area contributed by atoms with Crippen molar-refractivity contribution in [2.75, 3.05) is 5.32 Å². The summed E-state index contributed by atoms with van der Waals surface area (Å²) in [5, 5.41) is 14.1. The van der Waals surface area contributed by atoms with Crippen LogP contribution in [0.15, 0.2) is 36.8 Å². The summed E-state index contributed by atoms with van der Waals surface area (Å²) < 4.78 is 3.34. The number of amides is 2. The first-order valence-electron chi connectivity index (χ1n) is 7.99. The van der Waals surface area contributed by atoms with Gasteiger partial charge in [0.2, 0.25) is 0 Å². The Morgan fingerprint density at radius 2 is 2.12 bits per heavy atom. The quantitative estimate of drug-likeness (QED) is 0.739. The van der Waals surface area contributed by atoms with Crippen LogP contribution in [0.4, 0.5) is 10.6 Å². The molecule has 9 nitrogen and oxygen atoms in total. The lowest BCUT2D eigenvalue weighted by Gasteiger charge is -2.14. The average molecular weight is 340 g/mol. The summed E-state index contributed by atoms with van der Waals surface area (Å²) in [6.45, 7) is 4.52. The van der Waals surface area contributed by atoms with E-state index in [0.29, 0.717) is 23.9 Å². The van der Waals surface area contributed by atoms with Gasteiger partial charge >= 0.3 is 6.03 Å². The van der Waals surface area contributed by atoms with Crippen LogP contribution in [0.2, 0.25) is 0 Å². The second-order valence-corrected chi connectivity index (χ2v) is 5.51. The maximum atomic E-state index is 12.3. The lowest BCUT2D eigenvalue weighted by molar-refractivity contribution is 0.248. The number of anilines is 1. The van der Waals surface area contributed by atoms with Crippen LogP contribution in [0.5, 0.6) is 0 Å². The molecule has 2 N–H and O–H groups in total. The van der Waals surface area contributed by atoms with E-state index in [1.165, 1.54) is 6.33 Å². The number of aromatic nitrogens is 6. The van der Waals surface area contributed by atoms with Crippen molar-refractivity contribution >= 4 is 11.8 Å². The molecule has 3 rings (SSSR count). The largest absolute Gasteiger partial charge is 0.328 e. The van der Waals surface area contributed by atoms with Gasteiger partial charge in [-0.25, -0.2) is 14.5 Å². The molecule has 25 heavy (non-hydrogen) atoms. The number of rotatable bonds is 5. The summed E-state index contributed by atoms with van der Waals surface area (Å²) in [6, 6.07) is 6.77. The maximum absolute atomic E-state index is 12.3. The van der Waals surface area contributed by atoms with Gasteiger partial charge in [0, 0.05) is 25.9 Å². The van der Waals surface area contributed by atoms with Crippen molar-refractivity contribution in [1.82, 2.24) is 34.8 Å². The van der Waals surface area contributed by atoms with Gasteiger partial charge in [0.25, 0.3) is 0 Å². The molecule has 1 atom stereocenters. The number of aryl methyl sites for hydroxylation is 2. The van der Waals surface area contributed by atoms with Crippen LogP contribution < -0.4 is 10.6 Å². The van der Waals surface area contributed by atoms with Crippen LogP contribution in [0, 0.1) is 0 Å². The van der Waals surface area contributed by atoms with Gasteiger partial charge in [-0.15, -0.1) is 0 Å². The second-order valence-electron chi connectivity index (χ2n) is 5.51. The molecular formula is C16H20N8O. The van der Waals surface area contributed by atoms with Gasteiger partial charge < -0.3 is 5.32 Å². The van der Waals surface area contributed by atoms with Gasteiger partial charge in [-0.3, -0.25) is 15.0 Å². The molecule has 3 aromatic rings. The minimum Gasteiger partial charge on any atom is -0.328 e. The molecular weight excluding hydrogens is 320 g/mol. The average Bonchev–Trinajstić information content (AvgIpc) is 3.22. The SMILES string of the molecule is CCn1ncnc1[C@H](C)NC(=O)Nc1cc(-c2ccccn2)nn1C. The number of carbonyl (C=O) groups excluding carboxylic acids is 1. The van der Waals surface area contributed by atoms with E-state index in [1.807, 2.05) is 32.0 Å². The highest BCUT2D eigenvalue weighted by atomic mass is 16.2. The van der Waals surface area contributed by atoms with Gasteiger partial charge in [-0.05, 0) is 26.0 Å². The van der Waals surface area contributed by atoms with Crippen LogP contribution in [0.1, 0.15) is 25.7 Å². The number of pyridine rings is 1. The summed E-state index contributed by atoms with van der Waals surface area (Å²) in [5.74, 6) is 1.28. The van der Waals surface area contributed by atoms with Gasteiger partial charge in [-0.2, -0.15) is 10.2 Å². The minimum absolute atomic E-state index is 0.272. The van der Waals surface area contributed by atoms with Crippen LogP contribution in [-0.4, -0.2) is 35.6 Å². The predicted molar refractivity (Wildman–Crippen MR) is 92.7 cm³/mol. The van der Waals surface area contributed by atoms with Gasteiger partial charge in [0.15, 0.2) is 0 Å². The summed E-state index contributed by atoms with van der Waals surface area (Å²) in [7, 11) is 1.76. The molecule has 2 amide bonds. The number of hydrogen-bond donors (Lipinski definition) is 2. The summed E-state index contributed by atoms with van der Waals surface area (Å²) in [5.41, 5.74) is 1.44. The molecule has 3 aromatic heterocycles. The number of hydrogen-bond acceptors (Lipinski definition) is 5. The summed E-state index contributed by atoms with van der Waals surface area (Å²) in [4.78, 5) is 20.7. The van der Waals surface area contributed by atoms with E-state index < -0.39 is 0 Å². The van der Waals surface area contributed by atoms with E-state index in [1.54, 1.807) is 28.7 Å². The predicted octanol–water partition coefficient (Wildman–Crippen LogP) is 1.98. The van der Waals surface area contributed by atoms with Crippen molar-refractivity contribution in [3.05, 3.63) is 42.6 Å². The lowest BCUT2D eigenvalue weighted by Crippen LogP contribution is -2.33. The molecule has 0 aromatic carbocycles. The Balaban J connectivity index is 1.68. The molecule has 0 fully saturated rings. The molecule has 0 unspecified atom stereocenters. The highest BCUT2D eigenvalue weighted by molar-refractivity contribution is 5.89. The fourth-order valence-electron chi connectivity index (χ4n) is 2.49. The standard InChI is InChI=1S/C16H20N8O/c1-4-24-15(18-10-19-24)11(2)20-16(25)21-14-9-13(22-23(14)3)12-7-5-6-8-17-12/h5-11H,4H2,1-3H3,(H2,20,21,25)/t11-/m0/s1. The van der Waals surface area contributed by atoms with Crippen molar-refractivity contribution in [1.29, 1.82) is 0 Å². The van der Waals surface area contributed by atoms with Crippen molar-refractivity contribution in [3.8, 4) is 11.4 Å². The molecule has 0 radical (unpaired) electrons. The highest BCUT2D eigenvalue weighted by Gasteiger charge is 2.16. The Morgan fingerprint density at radius 3 is 2.84 bits per heavy atom. The first-order valence-corrected chi connectivity index (χ1v) is 7.99. The third-order valence-electron chi connectivity index (χ3n) is 3.73. The minimum atomic E-state index is -0.339. The van der Waals surface area contributed by atoms with Crippen LogP contribution in [0.3, 0.4) is 0 Å². The molecule has 0 aliphatic heterocycles. The van der Waals surface area contributed by atoms with E-state index in [-0.39, 0.29) is 12.1 Å². The normalized spacial score (nSPS) is 12.0. The Bertz CT molecular complexity index is 854. The number of nitrogens with zero attached hydrogens (tertiary/aromatic N) is 6. The fourth-order valence-corrected chi connectivity index (χ4v) is 2.49. The van der Waals surface area contributed by atoms with E-state index in [9.17, 15) is 4.79 Å². The molecule has 130 valence electrons. The summed E-state index contributed by atoms with van der Waals surface area (Å²) in [6.07, 6.45) is 3.19. The molecule has 0 aliphatic rings. The number of carbonyl (C=O) groups is 1. The molecule has 3 heterocycles. The Morgan fingerprint density at radius 1 is 1.28 bits per heavy atom. The third kappa shape index (κ3) is 3.65. The first-order chi connectivity index (χ1) is 12.1. The Kier molecular flexibility index (Phi) is 4.73. The maximum Gasteiger partial charge on any atom is 0.320 e. The smallest absolute Gasteiger partial charge is 0.320 e. The summed E-state index contributed by atoms with van der Waals surface area (Å²) >= 11 is 0. The highest BCUT2D eigenvalue weighted by Crippen LogP contribution is 2.19. The molecule has 0 bridgehead atoms. The van der Waals surface area contributed by atoms with Crippen LogP contribution in [0.25, 0.3) is 11.4 Å². The topological polar surface area (TPSA) is 103 Å². The zero-order valence-electron chi connectivity index (χ0n) is 14.3. The van der Waals surface area contributed by atoms with Gasteiger partial charge in [-0.1, -0.05) is 6.07 Å². The van der Waals surface area contributed by atoms with Gasteiger partial charge in [0.05, 0.1) is 11.7 Å². The Hall–Kier alpha value is -3.23. The van der Waals surface area contributed by atoms with Crippen molar-refractivity contribution < 1.29 is 4.79 Å². The Labute approximate surface area is 145 Å². The van der Waals surface area contributed by atoms with Gasteiger partial charge in [0.1, 0.15) is 23.7 Å². The van der Waals surface area contributed by atoms with E-state index in [2.05, 4.69) is 30.8 Å². The number of urea groups is 1. The molecule has 0 saturated carbocycles. The van der Waals surface area contributed by atoms with Crippen molar-refractivity contribution in [3.63, 3.8) is 0 Å². The van der Waals surface area contributed by atoms with E-state index >= 15 is 0 Å². The van der Waals surface area contributed by atoms with E-state index in [0.717, 1.165) is 5.69 Å². The molecule has 0 saturated heterocycles. The van der Waals surface area contributed by atoms with Crippen molar-refractivity contribution in [2.24, 2.45) is 7.05 Å². The third-order valence-corrected chi connectivity index (χ3v) is 3.73. The molecule has 0 spiro atoms.